The van der Waals surface area contributed by atoms with Crippen LogP contribution in [0.4, 0.5) is 5.69 Å². The van der Waals surface area contributed by atoms with Gasteiger partial charge in [-0.25, -0.2) is 0 Å². The summed E-state index contributed by atoms with van der Waals surface area (Å²) in [6.45, 7) is 6.08. The van der Waals surface area contributed by atoms with Gasteiger partial charge in [0.25, 0.3) is 0 Å². The number of aryl methyl sites for hydroxylation is 1. The lowest BCUT2D eigenvalue weighted by Gasteiger charge is -2.32. The Balaban J connectivity index is 2.28. The zero-order valence-electron chi connectivity index (χ0n) is 11.2. The molecule has 3 nitrogen and oxygen atoms in total. The molecule has 4 heteroatoms. The number of benzene rings is 1. The van der Waals surface area contributed by atoms with E-state index in [2.05, 4.69) is 57.9 Å². The van der Waals surface area contributed by atoms with Crippen LogP contribution in [-0.4, -0.2) is 44.2 Å². The highest BCUT2D eigenvalue weighted by atomic mass is 79.9. The number of nitrogens with two attached hydrogens (primary N) is 1. The lowest BCUT2D eigenvalue weighted by atomic mass is 10.1. The van der Waals surface area contributed by atoms with Crippen molar-refractivity contribution in [1.29, 1.82) is 0 Å². The van der Waals surface area contributed by atoms with Crippen molar-refractivity contribution < 1.29 is 0 Å². The van der Waals surface area contributed by atoms with Crippen LogP contribution in [0.15, 0.2) is 22.7 Å². The molecular formula is C14H22BrN3. The summed E-state index contributed by atoms with van der Waals surface area (Å²) in [5.74, 6) is 0. The first-order chi connectivity index (χ1) is 8.61. The summed E-state index contributed by atoms with van der Waals surface area (Å²) < 4.78 is 1.17. The lowest BCUT2D eigenvalue weighted by molar-refractivity contribution is 0.332. The molecule has 2 rings (SSSR count). The zero-order chi connectivity index (χ0) is 13.1. The average molecular weight is 312 g/mol. The smallest absolute Gasteiger partial charge is 0.0539 e. The third kappa shape index (κ3) is 3.05. The SMILES string of the molecule is Cc1ccc(N2CCCN(C)CC2CN)c(Br)c1. The topological polar surface area (TPSA) is 32.5 Å². The van der Waals surface area contributed by atoms with Crippen LogP contribution < -0.4 is 10.6 Å². The molecule has 1 heterocycles. The average Bonchev–Trinajstić information content (AvgIpc) is 2.51. The Morgan fingerprint density at radius 3 is 2.83 bits per heavy atom. The fraction of sp³-hybridized carbons (Fsp3) is 0.571. The Morgan fingerprint density at radius 1 is 1.39 bits per heavy atom. The maximum atomic E-state index is 5.96. The van der Waals surface area contributed by atoms with Crippen molar-refractivity contribution in [3.8, 4) is 0 Å². The minimum absolute atomic E-state index is 0.400. The van der Waals surface area contributed by atoms with Gasteiger partial charge in [-0.05, 0) is 60.6 Å². The van der Waals surface area contributed by atoms with Gasteiger partial charge in [-0.15, -0.1) is 0 Å². The monoisotopic (exact) mass is 311 g/mol. The second-order valence-corrected chi connectivity index (χ2v) is 6.01. The summed E-state index contributed by atoms with van der Waals surface area (Å²) in [5, 5.41) is 0. The lowest BCUT2D eigenvalue weighted by Crippen LogP contribution is -2.45. The van der Waals surface area contributed by atoms with Gasteiger partial charge in [0.2, 0.25) is 0 Å². The van der Waals surface area contributed by atoms with E-state index in [1.807, 2.05) is 0 Å². The molecule has 0 aliphatic carbocycles. The molecule has 1 saturated heterocycles. The second-order valence-electron chi connectivity index (χ2n) is 5.15. The number of halogens is 1. The van der Waals surface area contributed by atoms with E-state index in [0.29, 0.717) is 12.6 Å². The molecule has 0 radical (unpaired) electrons. The molecule has 1 aliphatic heterocycles. The third-order valence-electron chi connectivity index (χ3n) is 3.59. The Kier molecular flexibility index (Phi) is 4.65. The van der Waals surface area contributed by atoms with Gasteiger partial charge in [0.1, 0.15) is 0 Å². The summed E-state index contributed by atoms with van der Waals surface area (Å²) in [7, 11) is 2.18. The minimum atomic E-state index is 0.400. The number of likely N-dealkylation sites (N-methyl/N-ethyl adjacent to an activating group) is 1. The van der Waals surface area contributed by atoms with E-state index in [1.54, 1.807) is 0 Å². The molecule has 0 bridgehead atoms. The molecular weight excluding hydrogens is 290 g/mol. The summed E-state index contributed by atoms with van der Waals surface area (Å²) >= 11 is 3.68. The molecule has 1 aliphatic rings. The first-order valence-corrected chi connectivity index (χ1v) is 7.32. The Bertz CT molecular complexity index is 408. The third-order valence-corrected chi connectivity index (χ3v) is 4.22. The summed E-state index contributed by atoms with van der Waals surface area (Å²) in [5.41, 5.74) is 8.51. The predicted octanol–water partition coefficient (Wildman–Crippen LogP) is 2.23. The molecule has 0 amide bonds. The highest BCUT2D eigenvalue weighted by Crippen LogP contribution is 2.29. The number of anilines is 1. The van der Waals surface area contributed by atoms with Crippen molar-refractivity contribution in [3.05, 3.63) is 28.2 Å². The molecule has 18 heavy (non-hydrogen) atoms. The van der Waals surface area contributed by atoms with Crippen molar-refractivity contribution >= 4 is 21.6 Å². The van der Waals surface area contributed by atoms with Crippen LogP contribution in [-0.2, 0) is 0 Å². The summed E-state index contributed by atoms with van der Waals surface area (Å²) in [6.07, 6.45) is 1.19. The van der Waals surface area contributed by atoms with E-state index in [4.69, 9.17) is 5.73 Å². The first-order valence-electron chi connectivity index (χ1n) is 6.53. The molecule has 2 N–H and O–H groups in total. The van der Waals surface area contributed by atoms with Crippen LogP contribution in [0.1, 0.15) is 12.0 Å². The van der Waals surface area contributed by atoms with Crippen LogP contribution in [0.25, 0.3) is 0 Å². The van der Waals surface area contributed by atoms with Crippen LogP contribution in [0, 0.1) is 6.92 Å². The van der Waals surface area contributed by atoms with Crippen molar-refractivity contribution in [1.82, 2.24) is 4.90 Å². The van der Waals surface area contributed by atoms with E-state index in [-0.39, 0.29) is 0 Å². The summed E-state index contributed by atoms with van der Waals surface area (Å²) in [4.78, 5) is 4.83. The highest BCUT2D eigenvalue weighted by molar-refractivity contribution is 9.10. The molecule has 0 aromatic heterocycles. The minimum Gasteiger partial charge on any atom is -0.365 e. The standard InChI is InChI=1S/C14H22BrN3/c1-11-4-5-14(13(15)8-11)18-7-3-6-17(2)10-12(18)9-16/h4-5,8,12H,3,6-7,9-10,16H2,1-2H3. The highest BCUT2D eigenvalue weighted by Gasteiger charge is 2.23. The van der Waals surface area contributed by atoms with Gasteiger partial charge in [0.15, 0.2) is 0 Å². The van der Waals surface area contributed by atoms with Crippen LogP contribution in [0.5, 0.6) is 0 Å². The molecule has 1 atom stereocenters. The van der Waals surface area contributed by atoms with Crippen LogP contribution >= 0.6 is 15.9 Å². The quantitative estimate of drug-likeness (QED) is 0.909. The van der Waals surface area contributed by atoms with Crippen molar-refractivity contribution in [2.75, 3.05) is 38.1 Å². The van der Waals surface area contributed by atoms with E-state index in [9.17, 15) is 0 Å². The van der Waals surface area contributed by atoms with Crippen molar-refractivity contribution in [3.63, 3.8) is 0 Å². The molecule has 1 fully saturated rings. The molecule has 0 saturated carbocycles. The number of rotatable bonds is 2. The summed E-state index contributed by atoms with van der Waals surface area (Å²) in [6, 6.07) is 6.95. The number of hydrogen-bond acceptors (Lipinski definition) is 3. The second kappa shape index (κ2) is 6.04. The molecule has 0 spiro atoms. The van der Waals surface area contributed by atoms with Crippen molar-refractivity contribution in [2.45, 2.75) is 19.4 Å². The van der Waals surface area contributed by atoms with Crippen LogP contribution in [0.2, 0.25) is 0 Å². The zero-order valence-corrected chi connectivity index (χ0v) is 12.8. The Hall–Kier alpha value is -0.580. The van der Waals surface area contributed by atoms with Crippen molar-refractivity contribution in [2.24, 2.45) is 5.73 Å². The van der Waals surface area contributed by atoms with Gasteiger partial charge in [-0.3, -0.25) is 0 Å². The molecule has 100 valence electrons. The van der Waals surface area contributed by atoms with Gasteiger partial charge in [0.05, 0.1) is 11.7 Å². The van der Waals surface area contributed by atoms with Gasteiger partial charge in [0, 0.05) is 24.1 Å². The first kappa shape index (κ1) is 13.8. The maximum Gasteiger partial charge on any atom is 0.0539 e. The van der Waals surface area contributed by atoms with Crippen LogP contribution in [0.3, 0.4) is 0 Å². The fourth-order valence-corrected chi connectivity index (χ4v) is 3.33. The van der Waals surface area contributed by atoms with Gasteiger partial charge >= 0.3 is 0 Å². The Morgan fingerprint density at radius 2 is 2.17 bits per heavy atom. The normalized spacial score (nSPS) is 22.0. The van der Waals surface area contributed by atoms with E-state index < -0.39 is 0 Å². The van der Waals surface area contributed by atoms with Gasteiger partial charge in [-0.1, -0.05) is 6.07 Å². The number of nitrogens with zero attached hydrogens (tertiary/aromatic N) is 2. The number of hydrogen-bond donors (Lipinski definition) is 1. The largest absolute Gasteiger partial charge is 0.365 e. The van der Waals surface area contributed by atoms with E-state index in [0.717, 1.165) is 19.6 Å². The van der Waals surface area contributed by atoms with E-state index >= 15 is 0 Å². The van der Waals surface area contributed by atoms with Gasteiger partial charge in [-0.2, -0.15) is 0 Å². The van der Waals surface area contributed by atoms with Gasteiger partial charge < -0.3 is 15.5 Å². The molecule has 1 unspecified atom stereocenters. The fourth-order valence-electron chi connectivity index (χ4n) is 2.61. The molecule has 1 aromatic carbocycles. The Labute approximate surface area is 118 Å². The van der Waals surface area contributed by atoms with E-state index in [1.165, 1.54) is 22.1 Å². The predicted molar refractivity (Wildman–Crippen MR) is 81.2 cm³/mol. The molecule has 1 aromatic rings. The maximum absolute atomic E-state index is 5.96.